The van der Waals surface area contributed by atoms with E-state index in [1.165, 1.54) is 38.2 Å². The maximum absolute atomic E-state index is 14.3. The first-order valence-corrected chi connectivity index (χ1v) is 10.3. The summed E-state index contributed by atoms with van der Waals surface area (Å²) in [6.07, 6.45) is 8.17. The number of amides is 1. The highest BCUT2D eigenvalue weighted by Crippen LogP contribution is 2.24. The molecule has 1 aromatic heterocycles. The number of halogens is 1. The second kappa shape index (κ2) is 12.7. The van der Waals surface area contributed by atoms with E-state index in [1.807, 2.05) is 0 Å². The van der Waals surface area contributed by atoms with Crippen molar-refractivity contribution in [1.82, 2.24) is 15.5 Å². The average molecular weight is 407 g/mol. The Morgan fingerprint density at radius 3 is 2.66 bits per heavy atom. The second-order valence-electron chi connectivity index (χ2n) is 6.96. The highest BCUT2D eigenvalue weighted by atomic mass is 19.1. The van der Waals surface area contributed by atoms with E-state index >= 15 is 0 Å². The zero-order valence-corrected chi connectivity index (χ0v) is 17.0. The highest BCUT2D eigenvalue weighted by Gasteiger charge is 2.12. The molecule has 1 amide bonds. The van der Waals surface area contributed by atoms with E-state index in [4.69, 9.17) is 14.4 Å². The molecule has 0 radical (unpaired) electrons. The molecular formula is C21H30FN3O4. The number of unbranched alkanes of at least 4 members (excludes halogenated alkanes) is 6. The molecule has 0 unspecified atom stereocenters. The Bertz CT molecular complexity index is 751. The Morgan fingerprint density at radius 1 is 1.17 bits per heavy atom. The third-order valence-electron chi connectivity index (χ3n) is 4.51. The van der Waals surface area contributed by atoms with E-state index in [1.54, 1.807) is 12.1 Å². The van der Waals surface area contributed by atoms with Crippen LogP contribution in [0.25, 0.3) is 11.4 Å². The minimum absolute atomic E-state index is 0.225. The van der Waals surface area contributed by atoms with Gasteiger partial charge in [0.2, 0.25) is 11.7 Å². The van der Waals surface area contributed by atoms with Crippen LogP contribution in [0.4, 0.5) is 9.18 Å². The van der Waals surface area contributed by atoms with Crippen molar-refractivity contribution < 1.29 is 23.6 Å². The van der Waals surface area contributed by atoms with Crippen LogP contribution >= 0.6 is 0 Å². The van der Waals surface area contributed by atoms with Crippen molar-refractivity contribution in [3.05, 3.63) is 29.9 Å². The van der Waals surface area contributed by atoms with Crippen LogP contribution in [0.1, 0.15) is 64.2 Å². The van der Waals surface area contributed by atoms with Gasteiger partial charge in [0.1, 0.15) is 0 Å². The molecule has 0 atom stereocenters. The fourth-order valence-corrected chi connectivity index (χ4v) is 2.91. The number of nitrogens with zero attached hydrogens (tertiary/aromatic N) is 2. The summed E-state index contributed by atoms with van der Waals surface area (Å²) < 4.78 is 25.0. The maximum atomic E-state index is 14.3. The smallest absolute Gasteiger partial charge is 0.404 e. The summed E-state index contributed by atoms with van der Waals surface area (Å²) in [5.41, 5.74) is 0.504. The van der Waals surface area contributed by atoms with E-state index in [2.05, 4.69) is 22.4 Å². The highest BCUT2D eigenvalue weighted by molar-refractivity contribution is 5.64. The van der Waals surface area contributed by atoms with Gasteiger partial charge in [-0.25, -0.2) is 9.18 Å². The second-order valence-corrected chi connectivity index (χ2v) is 6.96. The van der Waals surface area contributed by atoms with Crippen molar-refractivity contribution in [3.63, 3.8) is 0 Å². The number of aryl methyl sites for hydroxylation is 1. The molecule has 2 N–H and O–H groups in total. The van der Waals surface area contributed by atoms with Gasteiger partial charge in [0.15, 0.2) is 11.6 Å². The van der Waals surface area contributed by atoms with Crippen molar-refractivity contribution in [2.24, 2.45) is 0 Å². The first-order chi connectivity index (χ1) is 14.1. The SMILES string of the molecule is CCCCCCCCCOc1ccc(-c2noc(CCCNC(=O)O)n2)cc1F. The van der Waals surface area contributed by atoms with Crippen LogP contribution in [0.2, 0.25) is 0 Å². The lowest BCUT2D eigenvalue weighted by molar-refractivity contribution is 0.194. The summed E-state index contributed by atoms with van der Waals surface area (Å²) in [7, 11) is 0. The molecule has 0 bridgehead atoms. The average Bonchev–Trinajstić information content (AvgIpc) is 3.17. The molecule has 7 nitrogen and oxygen atoms in total. The van der Waals surface area contributed by atoms with Gasteiger partial charge in [0, 0.05) is 18.5 Å². The standard InChI is InChI=1S/C21H30FN3O4/c1-2-3-4-5-6-7-8-14-28-18-12-11-16(15-17(18)22)20-24-19(29-25-20)10-9-13-23-21(26)27/h11-12,15,23H,2-10,13-14H2,1H3,(H,26,27). The van der Waals surface area contributed by atoms with Crippen molar-refractivity contribution in [3.8, 4) is 17.1 Å². The molecule has 0 saturated heterocycles. The van der Waals surface area contributed by atoms with Crippen molar-refractivity contribution in [2.75, 3.05) is 13.2 Å². The van der Waals surface area contributed by atoms with Gasteiger partial charge in [0.05, 0.1) is 6.61 Å². The number of ether oxygens (including phenoxy) is 1. The molecule has 0 spiro atoms. The minimum Gasteiger partial charge on any atom is -0.491 e. The predicted molar refractivity (Wildman–Crippen MR) is 108 cm³/mol. The monoisotopic (exact) mass is 407 g/mol. The van der Waals surface area contributed by atoms with Crippen LogP contribution < -0.4 is 10.1 Å². The molecule has 0 aliphatic rings. The number of nitrogens with one attached hydrogen (secondary N) is 1. The summed E-state index contributed by atoms with van der Waals surface area (Å²) in [5.74, 6) is 0.446. The molecule has 160 valence electrons. The Kier molecular flexibility index (Phi) is 9.95. The fraction of sp³-hybridized carbons (Fsp3) is 0.571. The van der Waals surface area contributed by atoms with Crippen LogP contribution in [0.15, 0.2) is 22.7 Å². The Labute approximate surface area is 170 Å². The largest absolute Gasteiger partial charge is 0.491 e. The number of hydrogen-bond acceptors (Lipinski definition) is 5. The molecule has 0 aliphatic carbocycles. The van der Waals surface area contributed by atoms with Gasteiger partial charge in [-0.1, -0.05) is 50.6 Å². The summed E-state index contributed by atoms with van der Waals surface area (Å²) >= 11 is 0. The normalized spacial score (nSPS) is 10.8. The molecule has 0 saturated carbocycles. The third kappa shape index (κ3) is 8.50. The molecule has 0 aliphatic heterocycles. The molecular weight excluding hydrogens is 377 g/mol. The van der Waals surface area contributed by atoms with Crippen LogP contribution in [0.5, 0.6) is 5.75 Å². The van der Waals surface area contributed by atoms with Crippen LogP contribution in [0, 0.1) is 5.82 Å². The lowest BCUT2D eigenvalue weighted by atomic mass is 10.1. The number of rotatable bonds is 14. The van der Waals surface area contributed by atoms with Gasteiger partial charge in [-0.2, -0.15) is 4.98 Å². The van der Waals surface area contributed by atoms with E-state index < -0.39 is 11.9 Å². The fourth-order valence-electron chi connectivity index (χ4n) is 2.91. The molecule has 1 aromatic carbocycles. The molecule has 29 heavy (non-hydrogen) atoms. The van der Waals surface area contributed by atoms with Crippen molar-refractivity contribution in [2.45, 2.75) is 64.7 Å². The summed E-state index contributed by atoms with van der Waals surface area (Å²) in [4.78, 5) is 14.6. The van der Waals surface area contributed by atoms with Crippen LogP contribution in [-0.4, -0.2) is 34.5 Å². The third-order valence-corrected chi connectivity index (χ3v) is 4.51. The molecule has 1 heterocycles. The Balaban J connectivity index is 1.75. The number of benzene rings is 1. The van der Waals surface area contributed by atoms with Crippen LogP contribution in [0.3, 0.4) is 0 Å². The lowest BCUT2D eigenvalue weighted by Gasteiger charge is -2.08. The quantitative estimate of drug-likeness (QED) is 0.418. The maximum Gasteiger partial charge on any atom is 0.404 e. The van der Waals surface area contributed by atoms with Crippen LogP contribution in [-0.2, 0) is 6.42 Å². The zero-order valence-electron chi connectivity index (χ0n) is 17.0. The molecule has 2 rings (SSSR count). The van der Waals surface area contributed by atoms with E-state index in [-0.39, 0.29) is 5.75 Å². The van der Waals surface area contributed by atoms with Crippen molar-refractivity contribution >= 4 is 6.09 Å². The van der Waals surface area contributed by atoms with Crippen molar-refractivity contribution in [1.29, 1.82) is 0 Å². The van der Waals surface area contributed by atoms with Gasteiger partial charge >= 0.3 is 6.09 Å². The molecule has 2 aromatic rings. The molecule has 0 fully saturated rings. The van der Waals surface area contributed by atoms with Gasteiger partial charge in [-0.15, -0.1) is 0 Å². The molecule has 8 heteroatoms. The Hall–Kier alpha value is -2.64. The zero-order chi connectivity index (χ0) is 20.9. The summed E-state index contributed by atoms with van der Waals surface area (Å²) in [5, 5.41) is 14.6. The van der Waals surface area contributed by atoms with Gasteiger partial charge in [-0.05, 0) is 31.0 Å². The van der Waals surface area contributed by atoms with E-state index in [0.717, 1.165) is 12.8 Å². The topological polar surface area (TPSA) is 97.5 Å². The van der Waals surface area contributed by atoms with Gasteiger partial charge in [0.25, 0.3) is 0 Å². The number of carbonyl (C=O) groups is 1. The lowest BCUT2D eigenvalue weighted by Crippen LogP contribution is -2.22. The Morgan fingerprint density at radius 2 is 1.93 bits per heavy atom. The van der Waals surface area contributed by atoms with Gasteiger partial charge < -0.3 is 19.7 Å². The first kappa shape index (κ1) is 22.6. The summed E-state index contributed by atoms with van der Waals surface area (Å²) in [6, 6.07) is 4.61. The summed E-state index contributed by atoms with van der Waals surface area (Å²) in [6.45, 7) is 3.00. The number of carboxylic acid groups (broad SMARTS) is 1. The van der Waals surface area contributed by atoms with Gasteiger partial charge in [-0.3, -0.25) is 0 Å². The minimum atomic E-state index is -1.07. The van der Waals surface area contributed by atoms with E-state index in [0.29, 0.717) is 43.3 Å². The first-order valence-electron chi connectivity index (χ1n) is 10.3. The predicted octanol–water partition coefficient (Wildman–Crippen LogP) is 5.21. The van der Waals surface area contributed by atoms with E-state index in [9.17, 15) is 9.18 Å². The number of hydrogen-bond donors (Lipinski definition) is 2. The number of aromatic nitrogens is 2.